The molecule has 0 radical (unpaired) electrons. The van der Waals surface area contributed by atoms with Crippen LogP contribution in [0, 0.1) is 11.7 Å². The third-order valence-corrected chi connectivity index (χ3v) is 5.63. The van der Waals surface area contributed by atoms with E-state index in [0.29, 0.717) is 29.4 Å². The van der Waals surface area contributed by atoms with Crippen molar-refractivity contribution >= 4 is 11.7 Å². The van der Waals surface area contributed by atoms with Crippen LogP contribution in [0.15, 0.2) is 65.5 Å². The Kier molecular flexibility index (Phi) is 6.49. The van der Waals surface area contributed by atoms with Crippen LogP contribution in [-0.2, 0) is 11.3 Å². The number of piperidine rings is 1. The van der Waals surface area contributed by atoms with E-state index in [1.165, 1.54) is 16.8 Å². The molecule has 1 saturated heterocycles. The molecular weight excluding hydrogens is 411 g/mol. The molecule has 8 heteroatoms. The summed E-state index contributed by atoms with van der Waals surface area (Å²) in [6, 6.07) is 16.7. The van der Waals surface area contributed by atoms with Crippen molar-refractivity contribution in [1.82, 2.24) is 15.1 Å². The summed E-state index contributed by atoms with van der Waals surface area (Å²) in [6.07, 6.45) is 1.57. The van der Waals surface area contributed by atoms with Gasteiger partial charge in [-0.15, -0.1) is 5.10 Å². The quantitative estimate of drug-likeness (QED) is 0.643. The summed E-state index contributed by atoms with van der Waals surface area (Å²) in [5.74, 6) is 0.647. The summed E-state index contributed by atoms with van der Waals surface area (Å²) in [6.45, 7) is 1.38. The molecule has 7 nitrogen and oxygen atoms in total. The molecule has 1 fully saturated rings. The monoisotopic (exact) mass is 436 g/mol. The van der Waals surface area contributed by atoms with Gasteiger partial charge in [-0.1, -0.05) is 18.2 Å². The van der Waals surface area contributed by atoms with E-state index in [1.807, 2.05) is 4.90 Å². The van der Waals surface area contributed by atoms with Crippen molar-refractivity contribution in [3.8, 4) is 11.4 Å². The Hall–Kier alpha value is -3.68. The van der Waals surface area contributed by atoms with Gasteiger partial charge >= 0.3 is 0 Å². The minimum absolute atomic E-state index is 0.110. The van der Waals surface area contributed by atoms with E-state index in [0.717, 1.165) is 19.4 Å². The van der Waals surface area contributed by atoms with E-state index in [4.69, 9.17) is 4.74 Å². The Labute approximate surface area is 185 Å². The van der Waals surface area contributed by atoms with Gasteiger partial charge in [0.05, 0.1) is 18.7 Å². The number of anilines is 1. The maximum Gasteiger partial charge on any atom is 0.271 e. The Morgan fingerprint density at radius 3 is 2.69 bits per heavy atom. The van der Waals surface area contributed by atoms with E-state index < -0.39 is 0 Å². The zero-order valence-electron chi connectivity index (χ0n) is 17.8. The highest BCUT2D eigenvalue weighted by molar-refractivity contribution is 5.79. The minimum Gasteiger partial charge on any atom is -0.497 e. The molecule has 0 unspecified atom stereocenters. The van der Waals surface area contributed by atoms with Crippen LogP contribution in [0.25, 0.3) is 5.69 Å². The second-order valence-corrected chi connectivity index (χ2v) is 7.73. The fourth-order valence-electron chi connectivity index (χ4n) is 3.85. The average molecular weight is 436 g/mol. The third kappa shape index (κ3) is 4.80. The first kappa shape index (κ1) is 21.5. The molecule has 166 valence electrons. The SMILES string of the molecule is COc1ccc(-n2nc(N3CCC[C@@H](C(=O)NCc4ccccc4F)C3)ccc2=O)cc1. The van der Waals surface area contributed by atoms with E-state index in [2.05, 4.69) is 10.4 Å². The smallest absolute Gasteiger partial charge is 0.271 e. The number of carbonyl (C=O) groups is 1. The predicted molar refractivity (Wildman–Crippen MR) is 120 cm³/mol. The van der Waals surface area contributed by atoms with Gasteiger partial charge in [0.15, 0.2) is 0 Å². The van der Waals surface area contributed by atoms with Crippen LogP contribution >= 0.6 is 0 Å². The minimum atomic E-state index is -0.331. The summed E-state index contributed by atoms with van der Waals surface area (Å²) in [5.41, 5.74) is 0.852. The van der Waals surface area contributed by atoms with Gasteiger partial charge in [0.2, 0.25) is 5.91 Å². The molecule has 0 spiro atoms. The van der Waals surface area contributed by atoms with Gasteiger partial charge in [-0.25, -0.2) is 4.39 Å². The van der Waals surface area contributed by atoms with Gasteiger partial charge in [0, 0.05) is 31.3 Å². The van der Waals surface area contributed by atoms with Crippen LogP contribution < -0.4 is 20.5 Å². The topological polar surface area (TPSA) is 76.5 Å². The van der Waals surface area contributed by atoms with Crippen molar-refractivity contribution in [2.75, 3.05) is 25.1 Å². The van der Waals surface area contributed by atoms with Crippen molar-refractivity contribution in [2.24, 2.45) is 5.92 Å². The van der Waals surface area contributed by atoms with Crippen molar-refractivity contribution in [3.05, 3.63) is 82.4 Å². The lowest BCUT2D eigenvalue weighted by Gasteiger charge is -2.33. The van der Waals surface area contributed by atoms with Crippen molar-refractivity contribution in [3.63, 3.8) is 0 Å². The molecule has 2 heterocycles. The Bertz CT molecular complexity index is 1150. The molecule has 3 aromatic rings. The molecule has 1 aliphatic rings. The highest BCUT2D eigenvalue weighted by Crippen LogP contribution is 2.22. The largest absolute Gasteiger partial charge is 0.497 e. The Morgan fingerprint density at radius 1 is 1.16 bits per heavy atom. The number of nitrogens with zero attached hydrogens (tertiary/aromatic N) is 3. The van der Waals surface area contributed by atoms with Gasteiger partial charge in [0.25, 0.3) is 5.56 Å². The normalized spacial score (nSPS) is 15.9. The van der Waals surface area contributed by atoms with E-state index in [1.54, 1.807) is 55.6 Å². The molecule has 2 aromatic carbocycles. The standard InChI is InChI=1S/C24H25FN4O3/c1-32-20-10-8-19(9-11-20)29-23(30)13-12-22(27-29)28-14-4-6-18(16-28)24(31)26-15-17-5-2-3-7-21(17)25/h2-3,5,7-13,18H,4,6,14-16H2,1H3,(H,26,31)/t18-/m1/s1. The third-order valence-electron chi connectivity index (χ3n) is 5.63. The van der Waals surface area contributed by atoms with Crippen LogP contribution in [0.2, 0.25) is 0 Å². The van der Waals surface area contributed by atoms with Crippen LogP contribution in [0.1, 0.15) is 18.4 Å². The number of hydrogen-bond donors (Lipinski definition) is 1. The van der Waals surface area contributed by atoms with Gasteiger partial charge in [-0.3, -0.25) is 9.59 Å². The molecule has 32 heavy (non-hydrogen) atoms. The number of rotatable bonds is 6. The van der Waals surface area contributed by atoms with Crippen LogP contribution in [0.5, 0.6) is 5.75 Å². The number of hydrogen-bond acceptors (Lipinski definition) is 5. The number of methoxy groups -OCH3 is 1. The number of carbonyl (C=O) groups excluding carboxylic acids is 1. The number of aromatic nitrogens is 2. The fourth-order valence-corrected chi connectivity index (χ4v) is 3.85. The van der Waals surface area contributed by atoms with Gasteiger partial charge < -0.3 is 15.0 Å². The zero-order chi connectivity index (χ0) is 22.5. The maximum atomic E-state index is 13.8. The second-order valence-electron chi connectivity index (χ2n) is 7.73. The Morgan fingerprint density at radius 2 is 1.94 bits per heavy atom. The van der Waals surface area contributed by atoms with Crippen LogP contribution in [0.4, 0.5) is 10.2 Å². The van der Waals surface area contributed by atoms with Gasteiger partial charge in [0.1, 0.15) is 17.4 Å². The molecule has 1 N–H and O–H groups in total. The molecule has 0 saturated carbocycles. The summed E-state index contributed by atoms with van der Waals surface area (Å²) >= 11 is 0. The Balaban J connectivity index is 1.46. The molecule has 0 bridgehead atoms. The summed E-state index contributed by atoms with van der Waals surface area (Å²) in [4.78, 5) is 27.1. The van der Waals surface area contributed by atoms with E-state index >= 15 is 0 Å². The zero-order valence-corrected chi connectivity index (χ0v) is 17.8. The number of nitrogens with one attached hydrogen (secondary N) is 1. The predicted octanol–water partition coefficient (Wildman–Crippen LogP) is 2.91. The summed E-state index contributed by atoms with van der Waals surface area (Å²) in [7, 11) is 1.58. The van der Waals surface area contributed by atoms with E-state index in [9.17, 15) is 14.0 Å². The number of ether oxygens (including phenoxy) is 1. The molecular formula is C24H25FN4O3. The first-order valence-corrected chi connectivity index (χ1v) is 10.6. The highest BCUT2D eigenvalue weighted by atomic mass is 19.1. The molecule has 1 aromatic heterocycles. The van der Waals surface area contributed by atoms with Gasteiger partial charge in [-0.2, -0.15) is 4.68 Å². The average Bonchev–Trinajstić information content (AvgIpc) is 2.84. The van der Waals surface area contributed by atoms with E-state index in [-0.39, 0.29) is 29.7 Å². The molecule has 1 amide bonds. The molecule has 1 atom stereocenters. The maximum absolute atomic E-state index is 13.8. The fraction of sp³-hybridized carbons (Fsp3) is 0.292. The lowest BCUT2D eigenvalue weighted by Crippen LogP contribution is -2.43. The van der Waals surface area contributed by atoms with Crippen molar-refractivity contribution in [2.45, 2.75) is 19.4 Å². The van der Waals surface area contributed by atoms with Crippen LogP contribution in [-0.4, -0.2) is 35.9 Å². The first-order valence-electron chi connectivity index (χ1n) is 10.6. The van der Waals surface area contributed by atoms with Crippen molar-refractivity contribution in [1.29, 1.82) is 0 Å². The number of benzene rings is 2. The van der Waals surface area contributed by atoms with Crippen molar-refractivity contribution < 1.29 is 13.9 Å². The summed E-state index contributed by atoms with van der Waals surface area (Å²) in [5, 5.41) is 7.37. The number of halogens is 1. The number of amides is 1. The molecule has 4 rings (SSSR count). The first-order chi connectivity index (χ1) is 15.5. The highest BCUT2D eigenvalue weighted by Gasteiger charge is 2.27. The second kappa shape index (κ2) is 9.64. The molecule has 0 aliphatic carbocycles. The van der Waals surface area contributed by atoms with Crippen LogP contribution in [0.3, 0.4) is 0 Å². The molecule has 1 aliphatic heterocycles. The van der Waals surface area contributed by atoms with Gasteiger partial charge in [-0.05, 0) is 49.2 Å². The lowest BCUT2D eigenvalue weighted by atomic mass is 9.97. The lowest BCUT2D eigenvalue weighted by molar-refractivity contribution is -0.125. The summed E-state index contributed by atoms with van der Waals surface area (Å²) < 4.78 is 20.3.